The van der Waals surface area contributed by atoms with E-state index in [9.17, 15) is 8.78 Å². The van der Waals surface area contributed by atoms with Gasteiger partial charge in [-0.2, -0.15) is 5.10 Å². The van der Waals surface area contributed by atoms with Crippen molar-refractivity contribution in [3.05, 3.63) is 42.6 Å². The lowest BCUT2D eigenvalue weighted by molar-refractivity contribution is 0.140. The number of aromatic nitrogens is 4. The van der Waals surface area contributed by atoms with Crippen LogP contribution in [0.15, 0.2) is 31.1 Å². The standard InChI is InChI=1S/C10H8F2N4.C2H6/c1-2-7-6-8(16-5-3-4-13-16)15-10(14-7)9(11)12;1-2/h2-6,9H,1H2;1-2H3. The zero-order valence-electron chi connectivity index (χ0n) is 10.2. The van der Waals surface area contributed by atoms with E-state index in [0.717, 1.165) is 0 Å². The average Bonchev–Trinajstić information content (AvgIpc) is 2.94. The minimum atomic E-state index is -2.71. The molecule has 0 radical (unpaired) electrons. The van der Waals surface area contributed by atoms with Crippen LogP contribution in [0, 0.1) is 0 Å². The Morgan fingerprint density at radius 1 is 1.33 bits per heavy atom. The summed E-state index contributed by atoms with van der Waals surface area (Å²) in [6.07, 6.45) is 1.83. The minimum Gasteiger partial charge on any atom is -0.228 e. The van der Waals surface area contributed by atoms with Gasteiger partial charge in [-0.1, -0.05) is 20.4 Å². The van der Waals surface area contributed by atoms with Gasteiger partial charge in [0.15, 0.2) is 11.6 Å². The van der Waals surface area contributed by atoms with Gasteiger partial charge in [-0.15, -0.1) is 0 Å². The summed E-state index contributed by atoms with van der Waals surface area (Å²) in [6.45, 7) is 7.49. The first-order chi connectivity index (χ1) is 8.70. The Balaban J connectivity index is 0.000000771. The molecule has 0 atom stereocenters. The highest BCUT2D eigenvalue weighted by Crippen LogP contribution is 2.17. The van der Waals surface area contributed by atoms with E-state index < -0.39 is 12.2 Å². The highest BCUT2D eigenvalue weighted by molar-refractivity contribution is 5.44. The fraction of sp³-hybridized carbons (Fsp3) is 0.250. The SMILES string of the molecule is C=Cc1cc(-n2cccn2)nc(C(F)F)n1.CC. The Morgan fingerprint density at radius 2 is 2.06 bits per heavy atom. The summed E-state index contributed by atoms with van der Waals surface area (Å²) < 4.78 is 26.4. The molecule has 2 rings (SSSR count). The van der Waals surface area contributed by atoms with Gasteiger partial charge >= 0.3 is 0 Å². The largest absolute Gasteiger partial charge is 0.297 e. The van der Waals surface area contributed by atoms with Gasteiger partial charge in [0.1, 0.15) is 0 Å². The van der Waals surface area contributed by atoms with Crippen LogP contribution in [0.3, 0.4) is 0 Å². The maximum atomic E-state index is 12.5. The van der Waals surface area contributed by atoms with Crippen LogP contribution in [-0.4, -0.2) is 19.7 Å². The maximum absolute atomic E-state index is 12.5. The third kappa shape index (κ3) is 3.19. The van der Waals surface area contributed by atoms with Crippen LogP contribution in [0.25, 0.3) is 11.9 Å². The molecule has 0 aromatic carbocycles. The fourth-order valence-corrected chi connectivity index (χ4v) is 1.20. The van der Waals surface area contributed by atoms with Crippen molar-refractivity contribution in [2.45, 2.75) is 20.3 Å². The van der Waals surface area contributed by atoms with E-state index in [-0.39, 0.29) is 0 Å². The fourth-order valence-electron chi connectivity index (χ4n) is 1.20. The summed E-state index contributed by atoms with van der Waals surface area (Å²) in [5.41, 5.74) is 0.343. The van der Waals surface area contributed by atoms with Crippen molar-refractivity contribution < 1.29 is 8.78 Å². The van der Waals surface area contributed by atoms with E-state index in [1.54, 1.807) is 12.3 Å². The monoisotopic (exact) mass is 252 g/mol. The van der Waals surface area contributed by atoms with E-state index in [1.807, 2.05) is 13.8 Å². The summed E-state index contributed by atoms with van der Waals surface area (Å²) in [5, 5.41) is 3.91. The topological polar surface area (TPSA) is 43.6 Å². The van der Waals surface area contributed by atoms with Crippen molar-refractivity contribution in [1.82, 2.24) is 19.7 Å². The summed E-state index contributed by atoms with van der Waals surface area (Å²) in [4.78, 5) is 7.36. The van der Waals surface area contributed by atoms with E-state index in [0.29, 0.717) is 11.5 Å². The lowest BCUT2D eigenvalue weighted by Crippen LogP contribution is -2.05. The van der Waals surface area contributed by atoms with Crippen molar-refractivity contribution in [2.75, 3.05) is 0 Å². The Hall–Kier alpha value is -2.11. The first kappa shape index (κ1) is 14.0. The first-order valence-corrected chi connectivity index (χ1v) is 5.50. The van der Waals surface area contributed by atoms with Gasteiger partial charge in [-0.3, -0.25) is 0 Å². The molecule has 0 saturated carbocycles. The van der Waals surface area contributed by atoms with E-state index in [2.05, 4.69) is 21.6 Å². The lowest BCUT2D eigenvalue weighted by Gasteiger charge is -2.05. The minimum absolute atomic E-state index is 0.296. The Bertz CT molecular complexity index is 495. The Morgan fingerprint density at radius 3 is 2.56 bits per heavy atom. The van der Waals surface area contributed by atoms with Crippen LogP contribution in [0.1, 0.15) is 31.8 Å². The number of rotatable bonds is 3. The molecule has 18 heavy (non-hydrogen) atoms. The van der Waals surface area contributed by atoms with Crippen LogP contribution < -0.4 is 0 Å². The number of alkyl halides is 2. The molecule has 96 valence electrons. The quantitative estimate of drug-likeness (QED) is 0.842. The number of halogens is 2. The molecule has 0 unspecified atom stereocenters. The number of hydrogen-bond acceptors (Lipinski definition) is 3. The maximum Gasteiger partial charge on any atom is 0.297 e. The predicted octanol–water partition coefficient (Wildman–Crippen LogP) is 3.27. The summed E-state index contributed by atoms with van der Waals surface area (Å²) in [6, 6.07) is 3.21. The molecule has 0 aliphatic carbocycles. The lowest BCUT2D eigenvalue weighted by atomic mass is 10.3. The van der Waals surface area contributed by atoms with Gasteiger partial charge in [-0.25, -0.2) is 23.4 Å². The molecule has 2 heterocycles. The van der Waals surface area contributed by atoms with Crippen LogP contribution in [0.4, 0.5) is 8.78 Å². The van der Waals surface area contributed by atoms with E-state index in [1.165, 1.54) is 23.0 Å². The predicted molar refractivity (Wildman–Crippen MR) is 65.6 cm³/mol. The van der Waals surface area contributed by atoms with Crippen molar-refractivity contribution >= 4 is 6.08 Å². The molecule has 0 fully saturated rings. The molecule has 4 nitrogen and oxygen atoms in total. The van der Waals surface area contributed by atoms with Gasteiger partial charge in [0.25, 0.3) is 6.43 Å². The van der Waals surface area contributed by atoms with Gasteiger partial charge in [-0.05, 0) is 12.1 Å². The first-order valence-electron chi connectivity index (χ1n) is 5.50. The summed E-state index contributed by atoms with van der Waals surface area (Å²) >= 11 is 0. The zero-order valence-corrected chi connectivity index (χ0v) is 10.2. The zero-order chi connectivity index (χ0) is 13.5. The van der Waals surface area contributed by atoms with Crippen molar-refractivity contribution in [1.29, 1.82) is 0 Å². The number of nitrogens with zero attached hydrogens (tertiary/aromatic N) is 4. The van der Waals surface area contributed by atoms with Crippen LogP contribution in [0.5, 0.6) is 0 Å². The summed E-state index contributed by atoms with van der Waals surface area (Å²) in [5.74, 6) is -0.229. The molecule has 2 aromatic rings. The smallest absolute Gasteiger partial charge is 0.228 e. The van der Waals surface area contributed by atoms with Crippen molar-refractivity contribution in [3.63, 3.8) is 0 Å². The van der Waals surface area contributed by atoms with Gasteiger partial charge in [0.2, 0.25) is 0 Å². The molecule has 0 N–H and O–H groups in total. The second kappa shape index (κ2) is 6.58. The Labute approximate surface area is 104 Å². The molecule has 0 aliphatic rings. The normalized spacial score (nSPS) is 9.83. The molecule has 0 saturated heterocycles. The second-order valence-electron chi connectivity index (χ2n) is 2.96. The summed E-state index contributed by atoms with van der Waals surface area (Å²) in [7, 11) is 0. The highest BCUT2D eigenvalue weighted by atomic mass is 19.3. The Kier molecular flexibility index (Phi) is 5.10. The number of hydrogen-bond donors (Lipinski definition) is 0. The second-order valence-corrected chi connectivity index (χ2v) is 2.96. The third-order valence-electron chi connectivity index (χ3n) is 1.89. The molecular weight excluding hydrogens is 238 g/mol. The van der Waals surface area contributed by atoms with Crippen LogP contribution in [-0.2, 0) is 0 Å². The average molecular weight is 252 g/mol. The van der Waals surface area contributed by atoms with Gasteiger partial charge in [0.05, 0.1) is 5.69 Å². The molecule has 0 aliphatic heterocycles. The van der Waals surface area contributed by atoms with Crippen LogP contribution >= 0.6 is 0 Å². The third-order valence-corrected chi connectivity index (χ3v) is 1.89. The molecule has 0 amide bonds. The molecule has 0 spiro atoms. The van der Waals surface area contributed by atoms with Crippen molar-refractivity contribution in [3.8, 4) is 5.82 Å². The molecule has 6 heteroatoms. The van der Waals surface area contributed by atoms with Crippen molar-refractivity contribution in [2.24, 2.45) is 0 Å². The van der Waals surface area contributed by atoms with Crippen LogP contribution in [0.2, 0.25) is 0 Å². The van der Waals surface area contributed by atoms with E-state index >= 15 is 0 Å². The highest BCUT2D eigenvalue weighted by Gasteiger charge is 2.13. The molecule has 0 bridgehead atoms. The van der Waals surface area contributed by atoms with E-state index in [4.69, 9.17) is 0 Å². The molecular formula is C12H14F2N4. The van der Waals surface area contributed by atoms with Gasteiger partial charge in [0, 0.05) is 18.5 Å². The molecule has 2 aromatic heterocycles. The van der Waals surface area contributed by atoms with Gasteiger partial charge < -0.3 is 0 Å².